The fraction of sp³-hybridized carbons (Fsp3) is 0.333. The standard InChI is InChI=1S/C18H21FN2/c19-16-6-1-4-14(10-16)12-18-8-3-9-21(18)13-15-5-2-7-17(20)11-15/h1-2,4-7,10-11,18H,3,8-9,12-13,20H2. The van der Waals surface area contributed by atoms with Crippen LogP contribution in [0.25, 0.3) is 0 Å². The minimum Gasteiger partial charge on any atom is -0.399 e. The van der Waals surface area contributed by atoms with Crippen LogP contribution in [0.3, 0.4) is 0 Å². The Labute approximate surface area is 125 Å². The highest BCUT2D eigenvalue weighted by molar-refractivity contribution is 5.40. The van der Waals surface area contributed by atoms with Crippen LogP contribution in [0.15, 0.2) is 48.5 Å². The maximum atomic E-state index is 13.3. The van der Waals surface area contributed by atoms with E-state index in [9.17, 15) is 4.39 Å². The molecule has 1 aliphatic heterocycles. The molecule has 0 aromatic heterocycles. The first-order valence-electron chi connectivity index (χ1n) is 7.53. The highest BCUT2D eigenvalue weighted by Crippen LogP contribution is 2.24. The highest BCUT2D eigenvalue weighted by Gasteiger charge is 2.24. The molecule has 0 saturated carbocycles. The van der Waals surface area contributed by atoms with Crippen molar-refractivity contribution in [2.45, 2.75) is 31.8 Å². The highest BCUT2D eigenvalue weighted by atomic mass is 19.1. The summed E-state index contributed by atoms with van der Waals surface area (Å²) in [6, 6.07) is 15.5. The fourth-order valence-electron chi connectivity index (χ4n) is 3.20. The molecule has 21 heavy (non-hydrogen) atoms. The van der Waals surface area contributed by atoms with Gasteiger partial charge in [-0.3, -0.25) is 4.90 Å². The van der Waals surface area contributed by atoms with Crippen LogP contribution in [0.1, 0.15) is 24.0 Å². The van der Waals surface area contributed by atoms with Gasteiger partial charge in [-0.25, -0.2) is 4.39 Å². The number of nitrogens with two attached hydrogens (primary N) is 1. The Morgan fingerprint density at radius 3 is 2.71 bits per heavy atom. The number of halogens is 1. The van der Waals surface area contributed by atoms with E-state index in [1.165, 1.54) is 24.5 Å². The molecule has 2 aromatic rings. The van der Waals surface area contributed by atoms with Crippen molar-refractivity contribution in [1.29, 1.82) is 0 Å². The second kappa shape index (κ2) is 6.27. The first-order chi connectivity index (χ1) is 10.2. The monoisotopic (exact) mass is 284 g/mol. The van der Waals surface area contributed by atoms with Crippen LogP contribution < -0.4 is 5.73 Å². The van der Waals surface area contributed by atoms with Crippen molar-refractivity contribution in [2.24, 2.45) is 0 Å². The number of nitrogens with zero attached hydrogens (tertiary/aromatic N) is 1. The average molecular weight is 284 g/mol. The van der Waals surface area contributed by atoms with Crippen LogP contribution in [-0.2, 0) is 13.0 Å². The number of nitrogen functional groups attached to an aromatic ring is 1. The van der Waals surface area contributed by atoms with Crippen LogP contribution in [0.4, 0.5) is 10.1 Å². The van der Waals surface area contributed by atoms with Gasteiger partial charge < -0.3 is 5.73 Å². The second-order valence-corrected chi connectivity index (χ2v) is 5.85. The topological polar surface area (TPSA) is 29.3 Å². The number of hydrogen-bond donors (Lipinski definition) is 1. The normalized spacial score (nSPS) is 19.0. The Kier molecular flexibility index (Phi) is 4.20. The molecule has 0 bridgehead atoms. The lowest BCUT2D eigenvalue weighted by Gasteiger charge is -2.24. The van der Waals surface area contributed by atoms with Crippen molar-refractivity contribution in [3.05, 3.63) is 65.5 Å². The van der Waals surface area contributed by atoms with Crippen LogP contribution in [0.5, 0.6) is 0 Å². The van der Waals surface area contributed by atoms with E-state index >= 15 is 0 Å². The number of likely N-dealkylation sites (tertiary alicyclic amines) is 1. The van der Waals surface area contributed by atoms with E-state index in [0.717, 1.165) is 30.8 Å². The summed E-state index contributed by atoms with van der Waals surface area (Å²) in [4.78, 5) is 2.49. The van der Waals surface area contributed by atoms with Crippen LogP contribution in [0, 0.1) is 5.82 Å². The van der Waals surface area contributed by atoms with Crippen LogP contribution in [-0.4, -0.2) is 17.5 Å². The Balaban J connectivity index is 1.68. The Bertz CT molecular complexity index is 558. The number of anilines is 1. The molecule has 2 N–H and O–H groups in total. The van der Waals surface area contributed by atoms with E-state index in [0.29, 0.717) is 6.04 Å². The summed E-state index contributed by atoms with van der Waals surface area (Å²) >= 11 is 0. The molecule has 2 nitrogen and oxygen atoms in total. The van der Waals surface area contributed by atoms with Crippen LogP contribution in [0.2, 0.25) is 0 Å². The summed E-state index contributed by atoms with van der Waals surface area (Å²) in [5.41, 5.74) is 8.99. The van der Waals surface area contributed by atoms with Gasteiger partial charge in [0.25, 0.3) is 0 Å². The molecule has 0 aliphatic carbocycles. The second-order valence-electron chi connectivity index (χ2n) is 5.85. The zero-order valence-electron chi connectivity index (χ0n) is 12.1. The van der Waals surface area contributed by atoms with Crippen molar-refractivity contribution in [3.63, 3.8) is 0 Å². The Morgan fingerprint density at radius 2 is 1.90 bits per heavy atom. The van der Waals surface area contributed by atoms with Gasteiger partial charge in [-0.05, 0) is 61.2 Å². The summed E-state index contributed by atoms with van der Waals surface area (Å²) in [6.45, 7) is 2.03. The first kappa shape index (κ1) is 14.1. The van der Waals surface area contributed by atoms with Gasteiger partial charge in [0, 0.05) is 18.3 Å². The summed E-state index contributed by atoms with van der Waals surface area (Å²) < 4.78 is 13.3. The maximum Gasteiger partial charge on any atom is 0.123 e. The molecule has 1 atom stereocenters. The van der Waals surface area contributed by atoms with Gasteiger partial charge in [0.05, 0.1) is 0 Å². The third-order valence-corrected chi connectivity index (χ3v) is 4.20. The zero-order valence-corrected chi connectivity index (χ0v) is 12.1. The molecule has 2 aromatic carbocycles. The number of benzene rings is 2. The summed E-state index contributed by atoms with van der Waals surface area (Å²) in [5, 5.41) is 0. The molecule has 1 heterocycles. The third-order valence-electron chi connectivity index (χ3n) is 4.20. The van der Waals surface area contributed by atoms with E-state index in [1.807, 2.05) is 24.3 Å². The molecule has 3 rings (SSSR count). The fourth-order valence-corrected chi connectivity index (χ4v) is 3.20. The maximum absolute atomic E-state index is 13.3. The number of rotatable bonds is 4. The molecule has 1 unspecified atom stereocenters. The molecule has 3 heteroatoms. The molecular formula is C18H21FN2. The van der Waals surface area contributed by atoms with Crippen molar-refractivity contribution in [3.8, 4) is 0 Å². The van der Waals surface area contributed by atoms with Gasteiger partial charge in [-0.1, -0.05) is 24.3 Å². The average Bonchev–Trinajstić information content (AvgIpc) is 2.86. The van der Waals surface area contributed by atoms with E-state index in [4.69, 9.17) is 5.73 Å². The van der Waals surface area contributed by atoms with E-state index in [-0.39, 0.29) is 5.82 Å². The van der Waals surface area contributed by atoms with Gasteiger partial charge in [-0.15, -0.1) is 0 Å². The smallest absolute Gasteiger partial charge is 0.123 e. The molecule has 1 fully saturated rings. The summed E-state index contributed by atoms with van der Waals surface area (Å²) in [6.07, 6.45) is 3.31. The van der Waals surface area contributed by atoms with Gasteiger partial charge in [0.1, 0.15) is 5.82 Å². The van der Waals surface area contributed by atoms with Crippen molar-refractivity contribution in [1.82, 2.24) is 4.90 Å². The van der Waals surface area contributed by atoms with E-state index in [1.54, 1.807) is 12.1 Å². The quantitative estimate of drug-likeness (QED) is 0.869. The van der Waals surface area contributed by atoms with Gasteiger partial charge in [0.15, 0.2) is 0 Å². The van der Waals surface area contributed by atoms with Crippen molar-refractivity contribution >= 4 is 5.69 Å². The zero-order chi connectivity index (χ0) is 14.7. The molecule has 1 saturated heterocycles. The molecular weight excluding hydrogens is 263 g/mol. The van der Waals surface area contributed by atoms with E-state index < -0.39 is 0 Å². The third kappa shape index (κ3) is 3.61. The predicted octanol–water partition coefficient (Wildman–Crippen LogP) is 3.62. The molecule has 1 aliphatic rings. The molecule has 0 spiro atoms. The Hall–Kier alpha value is -1.87. The SMILES string of the molecule is Nc1cccc(CN2CCCC2Cc2cccc(F)c2)c1. The largest absolute Gasteiger partial charge is 0.399 e. The lowest BCUT2D eigenvalue weighted by atomic mass is 10.0. The van der Waals surface area contributed by atoms with Gasteiger partial charge in [-0.2, -0.15) is 0 Å². The molecule has 0 amide bonds. The summed E-state index contributed by atoms with van der Waals surface area (Å²) in [7, 11) is 0. The molecule has 110 valence electrons. The minimum atomic E-state index is -0.145. The predicted molar refractivity (Wildman–Crippen MR) is 84.4 cm³/mol. The van der Waals surface area contributed by atoms with Gasteiger partial charge >= 0.3 is 0 Å². The first-order valence-corrected chi connectivity index (χ1v) is 7.53. The molecule has 0 radical (unpaired) electrons. The van der Waals surface area contributed by atoms with E-state index in [2.05, 4.69) is 11.0 Å². The number of hydrogen-bond acceptors (Lipinski definition) is 2. The van der Waals surface area contributed by atoms with Crippen molar-refractivity contribution in [2.75, 3.05) is 12.3 Å². The van der Waals surface area contributed by atoms with Crippen molar-refractivity contribution < 1.29 is 4.39 Å². The van der Waals surface area contributed by atoms with Crippen LogP contribution >= 0.6 is 0 Å². The lowest BCUT2D eigenvalue weighted by Crippen LogP contribution is -2.30. The minimum absolute atomic E-state index is 0.145. The Morgan fingerprint density at radius 1 is 1.10 bits per heavy atom. The lowest BCUT2D eigenvalue weighted by molar-refractivity contribution is 0.244. The summed E-state index contributed by atoms with van der Waals surface area (Å²) in [5.74, 6) is -0.145. The van der Waals surface area contributed by atoms with Gasteiger partial charge in [0.2, 0.25) is 0 Å².